The first-order valence-electron chi connectivity index (χ1n) is 5.55. The van der Waals surface area contributed by atoms with Crippen molar-refractivity contribution in [2.24, 2.45) is 0 Å². The van der Waals surface area contributed by atoms with Gasteiger partial charge in [-0.05, 0) is 11.6 Å². The molecule has 92 valence electrons. The predicted octanol–water partition coefficient (Wildman–Crippen LogP) is 1.11. The molecule has 1 aliphatic heterocycles. The van der Waals surface area contributed by atoms with Gasteiger partial charge in [0.2, 0.25) is 10.0 Å². The Kier molecular flexibility index (Phi) is 3.49. The zero-order chi connectivity index (χ0) is 12.3. The van der Waals surface area contributed by atoms with E-state index in [9.17, 15) is 8.42 Å². The van der Waals surface area contributed by atoms with E-state index in [-0.39, 0.29) is 5.75 Å². The first-order chi connectivity index (χ1) is 8.15. The quantitative estimate of drug-likeness (QED) is 0.820. The van der Waals surface area contributed by atoms with Crippen molar-refractivity contribution in [2.45, 2.75) is 6.54 Å². The first-order valence-corrected chi connectivity index (χ1v) is 7.16. The van der Waals surface area contributed by atoms with Crippen LogP contribution >= 0.6 is 0 Å². The Morgan fingerprint density at radius 1 is 1.41 bits per heavy atom. The Morgan fingerprint density at radius 3 is 2.94 bits per heavy atom. The average Bonchev–Trinajstić information content (AvgIpc) is 2.51. The average molecular weight is 252 g/mol. The van der Waals surface area contributed by atoms with E-state index in [1.54, 1.807) is 0 Å². The third-order valence-corrected chi connectivity index (χ3v) is 4.44. The molecule has 4 nitrogen and oxygen atoms in total. The second-order valence-electron chi connectivity index (χ2n) is 3.94. The minimum atomic E-state index is -3.29. The molecule has 17 heavy (non-hydrogen) atoms. The van der Waals surface area contributed by atoms with Crippen LogP contribution in [0.15, 0.2) is 36.9 Å². The van der Waals surface area contributed by atoms with E-state index >= 15 is 0 Å². The van der Waals surface area contributed by atoms with Crippen molar-refractivity contribution in [3.05, 3.63) is 42.5 Å². The summed E-state index contributed by atoms with van der Waals surface area (Å²) in [6.07, 6.45) is 1.43. The molecule has 1 aliphatic rings. The molecule has 1 N–H and O–H groups in total. The lowest BCUT2D eigenvalue weighted by Gasteiger charge is -2.23. The normalized spacial score (nSPS) is 16.1. The van der Waals surface area contributed by atoms with Crippen LogP contribution in [0.1, 0.15) is 5.56 Å². The molecular formula is C12H16N2O2S. The largest absolute Gasteiger partial charge is 0.311 e. The summed E-state index contributed by atoms with van der Waals surface area (Å²) in [4.78, 5) is 0. The van der Waals surface area contributed by atoms with Gasteiger partial charge < -0.3 is 5.32 Å². The second-order valence-corrected chi connectivity index (χ2v) is 5.88. The van der Waals surface area contributed by atoms with Crippen molar-refractivity contribution in [3.8, 4) is 0 Å². The molecule has 0 spiro atoms. The fraction of sp³-hybridized carbons (Fsp3) is 0.333. The molecule has 1 aromatic rings. The Hall–Kier alpha value is -1.33. The molecule has 0 unspecified atom stereocenters. The SMILES string of the molecule is C=CCS(=O)(=O)N1CCNCc2ccccc21. The van der Waals surface area contributed by atoms with Crippen LogP contribution in [0.4, 0.5) is 5.69 Å². The molecule has 0 amide bonds. The number of rotatable bonds is 3. The number of nitrogens with zero attached hydrogens (tertiary/aromatic N) is 1. The topological polar surface area (TPSA) is 49.4 Å². The summed E-state index contributed by atoms with van der Waals surface area (Å²) < 4.78 is 25.7. The lowest BCUT2D eigenvalue weighted by atomic mass is 10.2. The number of hydrogen-bond donors (Lipinski definition) is 1. The van der Waals surface area contributed by atoms with Gasteiger partial charge in [-0.15, -0.1) is 6.58 Å². The van der Waals surface area contributed by atoms with E-state index in [0.717, 1.165) is 11.3 Å². The molecule has 2 rings (SSSR count). The molecular weight excluding hydrogens is 236 g/mol. The zero-order valence-electron chi connectivity index (χ0n) is 9.59. The Bertz CT molecular complexity index is 511. The highest BCUT2D eigenvalue weighted by atomic mass is 32.2. The maximum Gasteiger partial charge on any atom is 0.238 e. The van der Waals surface area contributed by atoms with Gasteiger partial charge in [0.05, 0.1) is 11.4 Å². The summed E-state index contributed by atoms with van der Waals surface area (Å²) in [5, 5.41) is 3.22. The van der Waals surface area contributed by atoms with Crippen molar-refractivity contribution in [2.75, 3.05) is 23.1 Å². The van der Waals surface area contributed by atoms with Crippen LogP contribution in [0, 0.1) is 0 Å². The number of sulfonamides is 1. The van der Waals surface area contributed by atoms with E-state index in [1.807, 2.05) is 24.3 Å². The lowest BCUT2D eigenvalue weighted by molar-refractivity contribution is 0.592. The molecule has 0 atom stereocenters. The highest BCUT2D eigenvalue weighted by Crippen LogP contribution is 2.24. The fourth-order valence-electron chi connectivity index (χ4n) is 1.96. The van der Waals surface area contributed by atoms with Crippen LogP contribution in [0.5, 0.6) is 0 Å². The van der Waals surface area contributed by atoms with Gasteiger partial charge >= 0.3 is 0 Å². The molecule has 0 aliphatic carbocycles. The van der Waals surface area contributed by atoms with Crippen molar-refractivity contribution < 1.29 is 8.42 Å². The summed E-state index contributed by atoms with van der Waals surface area (Å²) in [6, 6.07) is 7.58. The Morgan fingerprint density at radius 2 is 2.18 bits per heavy atom. The molecule has 5 heteroatoms. The van der Waals surface area contributed by atoms with Crippen LogP contribution < -0.4 is 9.62 Å². The van der Waals surface area contributed by atoms with E-state index in [4.69, 9.17) is 0 Å². The molecule has 0 radical (unpaired) electrons. The Balaban J connectivity index is 2.45. The highest BCUT2D eigenvalue weighted by Gasteiger charge is 2.24. The van der Waals surface area contributed by atoms with Gasteiger partial charge in [-0.2, -0.15) is 0 Å². The standard InChI is InChI=1S/C12H16N2O2S/c1-2-9-17(15,16)14-8-7-13-10-11-5-3-4-6-12(11)14/h2-6,13H,1,7-10H2. The maximum absolute atomic E-state index is 12.1. The second kappa shape index (κ2) is 4.89. The number of hydrogen-bond acceptors (Lipinski definition) is 3. The Labute approximate surface area is 102 Å². The van der Waals surface area contributed by atoms with Crippen molar-refractivity contribution in [1.29, 1.82) is 0 Å². The fourth-order valence-corrected chi connectivity index (χ4v) is 3.28. The summed E-state index contributed by atoms with van der Waals surface area (Å²) >= 11 is 0. The van der Waals surface area contributed by atoms with Crippen LogP contribution in [-0.2, 0) is 16.6 Å². The summed E-state index contributed by atoms with van der Waals surface area (Å²) in [7, 11) is -3.29. The molecule has 0 saturated heterocycles. The molecule has 0 bridgehead atoms. The van der Waals surface area contributed by atoms with Gasteiger partial charge in [0, 0.05) is 19.6 Å². The minimum absolute atomic E-state index is 0.0265. The van der Waals surface area contributed by atoms with Crippen LogP contribution in [0.25, 0.3) is 0 Å². The first kappa shape index (κ1) is 12.1. The van der Waals surface area contributed by atoms with Crippen molar-refractivity contribution in [1.82, 2.24) is 5.32 Å². The monoisotopic (exact) mass is 252 g/mol. The number of benzene rings is 1. The van der Waals surface area contributed by atoms with Crippen molar-refractivity contribution in [3.63, 3.8) is 0 Å². The maximum atomic E-state index is 12.1. The lowest BCUT2D eigenvalue weighted by Crippen LogP contribution is -2.35. The van der Waals surface area contributed by atoms with Crippen LogP contribution in [0.2, 0.25) is 0 Å². The zero-order valence-corrected chi connectivity index (χ0v) is 10.4. The van der Waals surface area contributed by atoms with E-state index in [2.05, 4.69) is 11.9 Å². The summed E-state index contributed by atoms with van der Waals surface area (Å²) in [5.74, 6) is -0.0265. The molecule has 1 aromatic carbocycles. The van der Waals surface area contributed by atoms with Gasteiger partial charge in [0.15, 0.2) is 0 Å². The smallest absolute Gasteiger partial charge is 0.238 e. The van der Waals surface area contributed by atoms with E-state index < -0.39 is 10.0 Å². The number of nitrogens with one attached hydrogen (secondary N) is 1. The number of fused-ring (bicyclic) bond motifs is 1. The number of anilines is 1. The van der Waals surface area contributed by atoms with Crippen LogP contribution in [0.3, 0.4) is 0 Å². The third kappa shape index (κ3) is 2.50. The molecule has 1 heterocycles. The minimum Gasteiger partial charge on any atom is -0.311 e. The highest BCUT2D eigenvalue weighted by molar-refractivity contribution is 7.92. The van der Waals surface area contributed by atoms with E-state index in [0.29, 0.717) is 19.6 Å². The van der Waals surface area contributed by atoms with Crippen molar-refractivity contribution >= 4 is 15.7 Å². The van der Waals surface area contributed by atoms with Gasteiger partial charge in [-0.1, -0.05) is 24.3 Å². The molecule has 0 saturated carbocycles. The van der Waals surface area contributed by atoms with Crippen LogP contribution in [-0.4, -0.2) is 27.3 Å². The van der Waals surface area contributed by atoms with Gasteiger partial charge in [0.1, 0.15) is 0 Å². The third-order valence-electron chi connectivity index (χ3n) is 2.73. The van der Waals surface area contributed by atoms with E-state index in [1.165, 1.54) is 10.4 Å². The summed E-state index contributed by atoms with van der Waals surface area (Å²) in [6.45, 7) is 5.33. The van der Waals surface area contributed by atoms with Gasteiger partial charge in [-0.3, -0.25) is 4.31 Å². The molecule has 0 aromatic heterocycles. The number of para-hydroxylation sites is 1. The summed E-state index contributed by atoms with van der Waals surface area (Å²) in [5.41, 5.74) is 1.79. The van der Waals surface area contributed by atoms with Gasteiger partial charge in [-0.25, -0.2) is 8.42 Å². The van der Waals surface area contributed by atoms with Gasteiger partial charge in [0.25, 0.3) is 0 Å². The molecule has 0 fully saturated rings. The predicted molar refractivity (Wildman–Crippen MR) is 69.5 cm³/mol.